The highest BCUT2D eigenvalue weighted by Gasteiger charge is 2.29. The number of hydrogen-bond acceptors (Lipinski definition) is 10. The van der Waals surface area contributed by atoms with Crippen molar-refractivity contribution in [2.24, 2.45) is 0 Å². The Morgan fingerprint density at radius 3 is 2.37 bits per heavy atom. The van der Waals surface area contributed by atoms with Crippen LogP contribution in [0, 0.1) is 0 Å². The number of anilines is 1. The van der Waals surface area contributed by atoms with Crippen molar-refractivity contribution < 1.29 is 47.2 Å². The number of benzene rings is 2. The third-order valence-electron chi connectivity index (χ3n) is 7.24. The standard InChI is InChI=1S/C28H31N7O4.C2HF3O2/c36-26(31-22-11-12-22)21-9-7-20(8-10-21)24-19-30-34-25(24)32-28(39-23-5-2-1-3-6-23)33-27(34)29-13-4-14-35(37)15-17-38-18-16-35;3-2(4,5)1(6)7/h1-3,5-10,19,22,37H,4,11-18H2,(H-,29,30,31,32,33,36);(H,6,7). The number of fused-ring (bicyclic) bond motifs is 1. The first-order valence-corrected chi connectivity index (χ1v) is 14.6. The molecule has 1 aliphatic carbocycles. The number of alkyl halides is 3. The number of carboxylic acids is 1. The number of carboxylic acid groups (broad SMARTS) is 1. The number of carbonyl (C=O) groups is 2. The molecule has 0 spiro atoms. The number of quaternary nitrogens is 1. The molecule has 1 saturated heterocycles. The van der Waals surface area contributed by atoms with Gasteiger partial charge in [0.2, 0.25) is 5.95 Å². The van der Waals surface area contributed by atoms with Gasteiger partial charge in [-0.3, -0.25) is 4.79 Å². The smallest absolute Gasteiger partial charge is 0.430 e. The number of aromatic nitrogens is 4. The topological polar surface area (TPSA) is 163 Å². The number of halogens is 3. The Balaban J connectivity index is 0.000000537. The maximum atomic E-state index is 12.4. The van der Waals surface area contributed by atoms with Crippen molar-refractivity contribution >= 4 is 23.5 Å². The molecule has 0 atom stereocenters. The number of amides is 1. The molecule has 1 saturated carbocycles. The fourth-order valence-electron chi connectivity index (χ4n) is 4.59. The summed E-state index contributed by atoms with van der Waals surface area (Å²) in [7, 11) is 0. The Kier molecular flexibility index (Phi) is 9.99. The molecular formula is C30H32F3N7O6. The maximum Gasteiger partial charge on any atom is 0.430 e. The van der Waals surface area contributed by atoms with E-state index in [1.54, 1.807) is 10.7 Å². The number of hydroxylamine groups is 3. The first kappa shape index (κ1) is 32.6. The average Bonchev–Trinajstić information content (AvgIpc) is 3.75. The van der Waals surface area contributed by atoms with Gasteiger partial charge in [0.1, 0.15) is 31.4 Å². The van der Waals surface area contributed by atoms with Gasteiger partial charge in [-0.2, -0.15) is 37.4 Å². The van der Waals surface area contributed by atoms with Gasteiger partial charge in [0.25, 0.3) is 5.91 Å². The second-order valence-corrected chi connectivity index (χ2v) is 10.8. The monoisotopic (exact) mass is 643 g/mol. The number of ether oxygens (including phenoxy) is 2. The quantitative estimate of drug-likeness (QED) is 0.173. The van der Waals surface area contributed by atoms with Gasteiger partial charge in [-0.25, -0.2) is 5.21 Å². The molecule has 1 amide bonds. The van der Waals surface area contributed by atoms with Crippen LogP contribution in [0.1, 0.15) is 29.6 Å². The molecule has 6 rings (SSSR count). The van der Waals surface area contributed by atoms with Crippen LogP contribution in [0.5, 0.6) is 11.8 Å². The minimum Gasteiger partial charge on any atom is -0.542 e. The highest BCUT2D eigenvalue weighted by Crippen LogP contribution is 2.28. The zero-order chi connectivity index (χ0) is 32.7. The summed E-state index contributed by atoms with van der Waals surface area (Å²) in [5.74, 6) is -1.95. The predicted octanol–water partition coefficient (Wildman–Crippen LogP) is 2.81. The zero-order valence-corrected chi connectivity index (χ0v) is 24.6. The van der Waals surface area contributed by atoms with Gasteiger partial charge in [-0.05, 0) is 42.7 Å². The Morgan fingerprint density at radius 1 is 1.07 bits per heavy atom. The minimum atomic E-state index is -5.19. The molecule has 1 aliphatic heterocycles. The molecule has 244 valence electrons. The molecule has 0 radical (unpaired) electrons. The van der Waals surface area contributed by atoms with Crippen molar-refractivity contribution in [3.63, 3.8) is 0 Å². The number of nitrogens with one attached hydrogen (secondary N) is 2. The number of carbonyl (C=O) groups excluding carboxylic acids is 2. The first-order chi connectivity index (χ1) is 22.0. The molecule has 46 heavy (non-hydrogen) atoms. The molecule has 13 nitrogen and oxygen atoms in total. The first-order valence-electron chi connectivity index (χ1n) is 14.6. The molecule has 3 N–H and O–H groups in total. The molecule has 0 unspecified atom stereocenters. The van der Waals surface area contributed by atoms with Gasteiger partial charge in [-0.15, -0.1) is 0 Å². The second-order valence-electron chi connectivity index (χ2n) is 10.8. The highest BCUT2D eigenvalue weighted by molar-refractivity contribution is 5.95. The number of nitrogens with zero attached hydrogens (tertiary/aromatic N) is 5. The molecule has 4 aromatic rings. The van der Waals surface area contributed by atoms with Crippen molar-refractivity contribution in [3.05, 3.63) is 66.4 Å². The summed E-state index contributed by atoms with van der Waals surface area (Å²) >= 11 is 0. The van der Waals surface area contributed by atoms with E-state index in [0.717, 1.165) is 30.4 Å². The predicted molar refractivity (Wildman–Crippen MR) is 155 cm³/mol. The van der Waals surface area contributed by atoms with E-state index in [1.165, 1.54) is 0 Å². The van der Waals surface area contributed by atoms with E-state index in [1.807, 2.05) is 54.6 Å². The lowest BCUT2D eigenvalue weighted by molar-refractivity contribution is -1.11. The lowest BCUT2D eigenvalue weighted by atomic mass is 10.1. The van der Waals surface area contributed by atoms with Crippen molar-refractivity contribution in [1.29, 1.82) is 0 Å². The van der Waals surface area contributed by atoms with Crippen molar-refractivity contribution in [1.82, 2.24) is 24.9 Å². The molecule has 16 heteroatoms. The van der Waals surface area contributed by atoms with Crippen LogP contribution in [0.25, 0.3) is 16.8 Å². The number of aliphatic carboxylic acids is 1. The Morgan fingerprint density at radius 2 is 1.74 bits per heavy atom. The molecule has 2 aromatic heterocycles. The summed E-state index contributed by atoms with van der Waals surface area (Å²) in [4.78, 5) is 30.5. The SMILES string of the molecule is O=C(NC1CC1)c1ccc(-c2cnn3c(NCCC[N+]4(O)CCOCC4)nc(Oc4ccccc4)nc23)cc1.O=C([O-])C(F)(F)F. The van der Waals surface area contributed by atoms with E-state index in [-0.39, 0.29) is 16.6 Å². The van der Waals surface area contributed by atoms with Crippen molar-refractivity contribution in [3.8, 4) is 22.9 Å². The number of para-hydroxylation sites is 1. The van der Waals surface area contributed by atoms with Crippen LogP contribution >= 0.6 is 0 Å². The minimum absolute atomic E-state index is 0.0177. The van der Waals surface area contributed by atoms with Gasteiger partial charge < -0.3 is 30.0 Å². The summed E-state index contributed by atoms with van der Waals surface area (Å²) in [6.45, 7) is 3.52. The fraction of sp³-hybridized carbons (Fsp3) is 0.367. The lowest BCUT2D eigenvalue weighted by Gasteiger charge is -2.33. The molecule has 2 fully saturated rings. The van der Waals surface area contributed by atoms with E-state index < -0.39 is 12.1 Å². The number of rotatable bonds is 10. The van der Waals surface area contributed by atoms with Crippen LogP contribution < -0.4 is 20.5 Å². The molecule has 0 bridgehead atoms. The molecule has 2 aromatic carbocycles. The lowest BCUT2D eigenvalue weighted by Crippen LogP contribution is -2.53. The molecule has 2 aliphatic rings. The third kappa shape index (κ3) is 8.68. The van der Waals surface area contributed by atoms with E-state index in [0.29, 0.717) is 68.3 Å². The normalized spacial score (nSPS) is 15.8. The van der Waals surface area contributed by atoms with Crippen LogP contribution in [-0.2, 0) is 9.53 Å². The average molecular weight is 644 g/mol. The summed E-state index contributed by atoms with van der Waals surface area (Å²) in [6.07, 6.45) is -0.632. The summed E-state index contributed by atoms with van der Waals surface area (Å²) < 4.78 is 44.6. The van der Waals surface area contributed by atoms with E-state index in [2.05, 4.69) is 25.7 Å². The third-order valence-corrected chi connectivity index (χ3v) is 7.24. The van der Waals surface area contributed by atoms with Gasteiger partial charge in [-0.1, -0.05) is 30.3 Å². The van der Waals surface area contributed by atoms with Crippen LogP contribution in [0.4, 0.5) is 19.1 Å². The van der Waals surface area contributed by atoms with Crippen LogP contribution in [-0.4, -0.2) is 92.9 Å². The van der Waals surface area contributed by atoms with E-state index >= 15 is 0 Å². The van der Waals surface area contributed by atoms with E-state index in [4.69, 9.17) is 19.4 Å². The zero-order valence-electron chi connectivity index (χ0n) is 24.6. The maximum absolute atomic E-state index is 12.4. The van der Waals surface area contributed by atoms with Crippen molar-refractivity contribution in [2.75, 3.05) is 44.7 Å². The highest BCUT2D eigenvalue weighted by atomic mass is 19.4. The summed E-state index contributed by atoms with van der Waals surface area (Å²) in [6, 6.07) is 17.3. The van der Waals surface area contributed by atoms with E-state index in [9.17, 15) is 23.2 Å². The Bertz CT molecular complexity index is 1640. The van der Waals surface area contributed by atoms with Gasteiger partial charge in [0.15, 0.2) is 5.65 Å². The number of morpholine rings is 1. The van der Waals surface area contributed by atoms with Crippen LogP contribution in [0.15, 0.2) is 60.8 Å². The summed E-state index contributed by atoms with van der Waals surface area (Å²) in [5.41, 5.74) is 2.87. The Hall–Kier alpha value is -4.80. The Labute approximate surface area is 261 Å². The van der Waals surface area contributed by atoms with Gasteiger partial charge in [0, 0.05) is 30.1 Å². The number of hydrogen-bond donors (Lipinski definition) is 3. The molecule has 3 heterocycles. The second kappa shape index (κ2) is 14.1. The van der Waals surface area contributed by atoms with Gasteiger partial charge >= 0.3 is 12.2 Å². The molecular weight excluding hydrogens is 611 g/mol. The van der Waals surface area contributed by atoms with Crippen LogP contribution in [0.2, 0.25) is 0 Å². The fourth-order valence-corrected chi connectivity index (χ4v) is 4.59. The van der Waals surface area contributed by atoms with Gasteiger partial charge in [0.05, 0.1) is 19.4 Å². The van der Waals surface area contributed by atoms with Crippen LogP contribution in [0.3, 0.4) is 0 Å². The van der Waals surface area contributed by atoms with Crippen molar-refractivity contribution in [2.45, 2.75) is 31.5 Å². The summed E-state index contributed by atoms with van der Waals surface area (Å²) in [5, 5.41) is 30.4. The largest absolute Gasteiger partial charge is 0.542 e.